The molecule has 1 aromatic heterocycles. The molecule has 3 rings (SSSR count). The maximum atomic E-state index is 12.9. The van der Waals surface area contributed by atoms with Crippen molar-refractivity contribution in [3.05, 3.63) is 47.3 Å². The summed E-state index contributed by atoms with van der Waals surface area (Å²) in [6.45, 7) is 6.64. The number of ether oxygens (including phenoxy) is 1. The average Bonchev–Trinajstić information content (AvgIpc) is 2.61. The summed E-state index contributed by atoms with van der Waals surface area (Å²) in [7, 11) is -3.52. The van der Waals surface area contributed by atoms with Crippen LogP contribution in [0.5, 0.6) is 6.01 Å². The van der Waals surface area contributed by atoms with Crippen molar-refractivity contribution in [2.45, 2.75) is 51.0 Å². The van der Waals surface area contributed by atoms with E-state index in [9.17, 15) is 8.42 Å². The van der Waals surface area contributed by atoms with E-state index < -0.39 is 10.0 Å². The van der Waals surface area contributed by atoms with Crippen molar-refractivity contribution < 1.29 is 13.2 Å². The van der Waals surface area contributed by atoms with Crippen LogP contribution in [0.2, 0.25) is 0 Å². The Balaban J connectivity index is 1.74. The monoisotopic (exact) mass is 375 g/mol. The number of aryl methyl sites for hydroxylation is 3. The number of rotatable bonds is 5. The standard InChI is InChI=1S/C19H25N3O3S/c1-4-16-7-9-18(10-8-16)26(23,24)22-11-5-6-17(13-22)25-19-20-14(2)12-15(3)21-19/h7-10,12,17H,4-6,11,13H2,1-3H3. The molecule has 1 fully saturated rings. The van der Waals surface area contributed by atoms with E-state index >= 15 is 0 Å². The summed E-state index contributed by atoms with van der Waals surface area (Å²) in [5, 5.41) is 0. The molecule has 6 nitrogen and oxygen atoms in total. The smallest absolute Gasteiger partial charge is 0.317 e. The third-order valence-corrected chi connectivity index (χ3v) is 6.42. The van der Waals surface area contributed by atoms with Crippen molar-refractivity contribution in [2.24, 2.45) is 0 Å². The van der Waals surface area contributed by atoms with Gasteiger partial charge in [0, 0.05) is 17.9 Å². The topological polar surface area (TPSA) is 72.4 Å². The molecule has 1 saturated heterocycles. The van der Waals surface area contributed by atoms with Crippen molar-refractivity contribution in [2.75, 3.05) is 13.1 Å². The van der Waals surface area contributed by atoms with Crippen LogP contribution in [0.1, 0.15) is 36.7 Å². The van der Waals surface area contributed by atoms with E-state index in [0.717, 1.165) is 36.2 Å². The van der Waals surface area contributed by atoms with Crippen molar-refractivity contribution in [1.82, 2.24) is 14.3 Å². The summed E-state index contributed by atoms with van der Waals surface area (Å²) in [5.41, 5.74) is 2.79. The van der Waals surface area contributed by atoms with Crippen LogP contribution in [0.4, 0.5) is 0 Å². The zero-order valence-electron chi connectivity index (χ0n) is 15.5. The van der Waals surface area contributed by atoms with Crippen LogP contribution < -0.4 is 4.74 Å². The van der Waals surface area contributed by atoms with Gasteiger partial charge in [-0.15, -0.1) is 0 Å². The molecule has 2 aromatic rings. The molecular formula is C19H25N3O3S. The molecule has 1 aliphatic rings. The maximum absolute atomic E-state index is 12.9. The van der Waals surface area contributed by atoms with Crippen molar-refractivity contribution in [3.63, 3.8) is 0 Å². The molecule has 1 aliphatic heterocycles. The molecule has 0 amide bonds. The van der Waals surface area contributed by atoms with E-state index in [1.54, 1.807) is 12.1 Å². The summed E-state index contributed by atoms with van der Waals surface area (Å²) in [6, 6.07) is 9.31. The molecule has 0 saturated carbocycles. The van der Waals surface area contributed by atoms with Crippen molar-refractivity contribution in [1.29, 1.82) is 0 Å². The molecule has 26 heavy (non-hydrogen) atoms. The lowest BCUT2D eigenvalue weighted by molar-refractivity contribution is 0.119. The lowest BCUT2D eigenvalue weighted by Gasteiger charge is -2.31. The van der Waals surface area contributed by atoms with Crippen LogP contribution in [0, 0.1) is 13.8 Å². The molecule has 0 radical (unpaired) electrons. The zero-order valence-corrected chi connectivity index (χ0v) is 16.3. The Morgan fingerprint density at radius 1 is 1.15 bits per heavy atom. The second-order valence-electron chi connectivity index (χ2n) is 6.68. The first kappa shape index (κ1) is 18.8. The van der Waals surface area contributed by atoms with Crippen LogP contribution in [0.15, 0.2) is 35.2 Å². The quantitative estimate of drug-likeness (QED) is 0.803. The Morgan fingerprint density at radius 2 is 1.81 bits per heavy atom. The first-order chi connectivity index (χ1) is 12.4. The molecule has 7 heteroatoms. The first-order valence-corrected chi connectivity index (χ1v) is 10.4. The predicted octanol–water partition coefficient (Wildman–Crippen LogP) is 2.89. The van der Waals surface area contributed by atoms with Gasteiger partial charge in [0.1, 0.15) is 6.10 Å². The average molecular weight is 375 g/mol. The van der Waals surface area contributed by atoms with Crippen molar-refractivity contribution in [3.8, 4) is 6.01 Å². The van der Waals surface area contributed by atoms with E-state index in [4.69, 9.17) is 4.74 Å². The van der Waals surface area contributed by atoms with Gasteiger partial charge in [0.25, 0.3) is 0 Å². The number of hydrogen-bond acceptors (Lipinski definition) is 5. The lowest BCUT2D eigenvalue weighted by atomic mass is 10.1. The molecule has 0 spiro atoms. The number of sulfonamides is 1. The van der Waals surface area contributed by atoms with Gasteiger partial charge in [0.15, 0.2) is 0 Å². The third kappa shape index (κ3) is 4.22. The highest BCUT2D eigenvalue weighted by atomic mass is 32.2. The van der Waals surface area contributed by atoms with E-state index in [0.29, 0.717) is 24.0 Å². The Kier molecular flexibility index (Phi) is 5.58. The maximum Gasteiger partial charge on any atom is 0.317 e. The van der Waals surface area contributed by atoms with Gasteiger partial charge in [-0.2, -0.15) is 4.31 Å². The lowest BCUT2D eigenvalue weighted by Crippen LogP contribution is -2.44. The Bertz CT molecular complexity index is 846. The predicted molar refractivity (Wildman–Crippen MR) is 99.7 cm³/mol. The largest absolute Gasteiger partial charge is 0.459 e. The number of benzene rings is 1. The highest BCUT2D eigenvalue weighted by Gasteiger charge is 2.31. The summed E-state index contributed by atoms with van der Waals surface area (Å²) < 4.78 is 33.3. The Labute approximate surface area is 155 Å². The molecular weight excluding hydrogens is 350 g/mol. The Morgan fingerprint density at radius 3 is 2.42 bits per heavy atom. The summed E-state index contributed by atoms with van der Waals surface area (Å²) >= 11 is 0. The van der Waals surface area contributed by atoms with Gasteiger partial charge in [-0.3, -0.25) is 0 Å². The zero-order chi connectivity index (χ0) is 18.7. The normalized spacial score (nSPS) is 18.7. The van der Waals surface area contributed by atoms with Crippen LogP contribution in [-0.4, -0.2) is 41.9 Å². The van der Waals surface area contributed by atoms with Gasteiger partial charge in [0.05, 0.1) is 11.4 Å². The number of hydrogen-bond donors (Lipinski definition) is 0. The molecule has 0 N–H and O–H groups in total. The molecule has 0 bridgehead atoms. The van der Waals surface area contributed by atoms with Gasteiger partial charge < -0.3 is 4.74 Å². The molecule has 0 aliphatic carbocycles. The molecule has 140 valence electrons. The van der Waals surface area contributed by atoms with Gasteiger partial charge in [-0.1, -0.05) is 19.1 Å². The van der Waals surface area contributed by atoms with Crippen LogP contribution in [-0.2, 0) is 16.4 Å². The summed E-state index contributed by atoms with van der Waals surface area (Å²) in [6.07, 6.45) is 2.18. The van der Waals surface area contributed by atoms with Crippen LogP contribution in [0.3, 0.4) is 0 Å². The minimum absolute atomic E-state index is 0.241. The highest BCUT2D eigenvalue weighted by Crippen LogP contribution is 2.23. The van der Waals surface area contributed by atoms with E-state index in [-0.39, 0.29) is 6.10 Å². The number of piperidine rings is 1. The second-order valence-corrected chi connectivity index (χ2v) is 8.61. The second kappa shape index (κ2) is 7.72. The third-order valence-electron chi connectivity index (χ3n) is 4.54. The fourth-order valence-electron chi connectivity index (χ4n) is 3.16. The summed E-state index contributed by atoms with van der Waals surface area (Å²) in [5.74, 6) is 0. The van der Waals surface area contributed by atoms with E-state index in [1.807, 2.05) is 39.0 Å². The van der Waals surface area contributed by atoms with Gasteiger partial charge in [-0.05, 0) is 56.9 Å². The highest BCUT2D eigenvalue weighted by molar-refractivity contribution is 7.89. The molecule has 1 aromatic carbocycles. The van der Waals surface area contributed by atoms with Gasteiger partial charge in [-0.25, -0.2) is 18.4 Å². The molecule has 2 heterocycles. The Hall–Kier alpha value is -1.99. The van der Waals surface area contributed by atoms with Crippen LogP contribution in [0.25, 0.3) is 0 Å². The fourth-order valence-corrected chi connectivity index (χ4v) is 4.67. The molecule has 1 unspecified atom stereocenters. The van der Waals surface area contributed by atoms with Crippen molar-refractivity contribution >= 4 is 10.0 Å². The summed E-state index contributed by atoms with van der Waals surface area (Å²) in [4.78, 5) is 8.91. The minimum atomic E-state index is -3.52. The van der Waals surface area contributed by atoms with Gasteiger partial charge in [0.2, 0.25) is 10.0 Å². The molecule has 1 atom stereocenters. The number of aromatic nitrogens is 2. The van der Waals surface area contributed by atoms with E-state index in [2.05, 4.69) is 9.97 Å². The SMILES string of the molecule is CCc1ccc(S(=O)(=O)N2CCCC(Oc3nc(C)cc(C)n3)C2)cc1. The minimum Gasteiger partial charge on any atom is -0.459 e. The van der Waals surface area contributed by atoms with Gasteiger partial charge >= 0.3 is 6.01 Å². The van der Waals surface area contributed by atoms with Crippen LogP contribution >= 0.6 is 0 Å². The fraction of sp³-hybridized carbons (Fsp3) is 0.474. The number of nitrogens with zero attached hydrogens (tertiary/aromatic N) is 3. The van der Waals surface area contributed by atoms with E-state index in [1.165, 1.54) is 4.31 Å². The first-order valence-electron chi connectivity index (χ1n) is 8.96.